The van der Waals surface area contributed by atoms with Gasteiger partial charge in [-0.3, -0.25) is 9.59 Å². The number of carboxylic acid groups (broad SMARTS) is 1. The van der Waals surface area contributed by atoms with Crippen LogP contribution in [-0.4, -0.2) is 106 Å². The number of ether oxygens (including phenoxy) is 1. The molecule has 14 heteroatoms. The summed E-state index contributed by atoms with van der Waals surface area (Å²) in [5, 5.41) is 18.9. The number of benzene rings is 1. The van der Waals surface area contributed by atoms with Gasteiger partial charge in [-0.15, -0.1) is 5.10 Å². The van der Waals surface area contributed by atoms with E-state index < -0.39 is 11.8 Å². The van der Waals surface area contributed by atoms with Crippen molar-refractivity contribution in [3.63, 3.8) is 0 Å². The van der Waals surface area contributed by atoms with Crippen LogP contribution in [0.15, 0.2) is 43.1 Å². The van der Waals surface area contributed by atoms with Crippen LogP contribution in [0.4, 0.5) is 4.39 Å². The summed E-state index contributed by atoms with van der Waals surface area (Å²) >= 11 is 0. The fourth-order valence-corrected chi connectivity index (χ4v) is 4.44. The van der Waals surface area contributed by atoms with E-state index in [4.69, 9.17) is 19.4 Å². The Bertz CT molecular complexity index is 1210. The van der Waals surface area contributed by atoms with Crippen LogP contribution >= 0.6 is 0 Å². The predicted molar refractivity (Wildman–Crippen MR) is 142 cm³/mol. The molecular formula is C27H35FN6O7. The zero-order valence-electron chi connectivity index (χ0n) is 23.1. The molecule has 0 radical (unpaired) electrons. The lowest BCUT2D eigenvalue weighted by molar-refractivity contribution is -0.191. The maximum absolute atomic E-state index is 14.1. The van der Waals surface area contributed by atoms with E-state index in [1.165, 1.54) is 16.9 Å². The number of carbonyl (C=O) groups excluding carboxylic acids is 4. The van der Waals surface area contributed by atoms with Gasteiger partial charge in [-0.25, -0.2) is 13.9 Å². The molecule has 0 spiro atoms. The molecule has 0 bridgehead atoms. The molecule has 41 heavy (non-hydrogen) atoms. The summed E-state index contributed by atoms with van der Waals surface area (Å²) < 4.78 is 20.8. The number of para-hydroxylation sites is 1. The predicted octanol–water partition coefficient (Wildman–Crippen LogP) is 1.02. The molecule has 0 saturated carbocycles. The van der Waals surface area contributed by atoms with Gasteiger partial charge in [0, 0.05) is 44.8 Å². The fourth-order valence-electron chi connectivity index (χ4n) is 4.44. The maximum atomic E-state index is 14.1. The third kappa shape index (κ3) is 10.0. The monoisotopic (exact) mass is 574 g/mol. The highest BCUT2D eigenvalue weighted by Gasteiger charge is 2.36. The van der Waals surface area contributed by atoms with Crippen LogP contribution < -0.4 is 5.32 Å². The van der Waals surface area contributed by atoms with E-state index in [-0.39, 0.29) is 47.2 Å². The second-order valence-corrected chi connectivity index (χ2v) is 9.66. The van der Waals surface area contributed by atoms with Gasteiger partial charge in [0.25, 0.3) is 5.91 Å². The number of aliphatic carboxylic acids is 1. The lowest BCUT2D eigenvalue weighted by atomic mass is 9.92. The van der Waals surface area contributed by atoms with Gasteiger partial charge < -0.3 is 25.0 Å². The second-order valence-electron chi connectivity index (χ2n) is 9.66. The van der Waals surface area contributed by atoms with Crippen molar-refractivity contribution in [3.8, 4) is 5.69 Å². The first-order valence-electron chi connectivity index (χ1n) is 13.0. The molecule has 0 aliphatic carbocycles. The molecule has 13 nitrogen and oxygen atoms in total. The molecule has 3 heterocycles. The molecule has 2 saturated heterocycles. The quantitative estimate of drug-likeness (QED) is 0.456. The van der Waals surface area contributed by atoms with E-state index in [1.54, 1.807) is 23.1 Å². The van der Waals surface area contributed by atoms with Gasteiger partial charge in [0.1, 0.15) is 11.5 Å². The van der Waals surface area contributed by atoms with Gasteiger partial charge in [0.2, 0.25) is 5.91 Å². The number of nitrogens with one attached hydrogen (secondary N) is 1. The number of carbonyl (C=O) groups is 3. The minimum absolute atomic E-state index is 0.109. The Morgan fingerprint density at radius 3 is 2.46 bits per heavy atom. The number of rotatable bonds is 7. The Hall–Kier alpha value is -4.26. The Labute approximate surface area is 236 Å². The topological polar surface area (TPSA) is 164 Å². The number of nitrogens with zero attached hydrogens (tertiary/aromatic N) is 5. The van der Waals surface area contributed by atoms with Gasteiger partial charge in [0.05, 0.1) is 25.3 Å². The molecule has 222 valence electrons. The average Bonchev–Trinajstić information content (AvgIpc) is 3.47. The van der Waals surface area contributed by atoms with Gasteiger partial charge in [-0.1, -0.05) is 37.8 Å². The number of aromatic nitrogens is 3. The summed E-state index contributed by atoms with van der Waals surface area (Å²) in [6, 6.07) is 6.06. The van der Waals surface area contributed by atoms with E-state index in [0.29, 0.717) is 52.4 Å². The third-order valence-electron chi connectivity index (χ3n) is 6.25. The summed E-state index contributed by atoms with van der Waals surface area (Å²) in [6.45, 7) is 11.1. The number of morpholine rings is 1. The van der Waals surface area contributed by atoms with Gasteiger partial charge in [0.15, 0.2) is 5.69 Å². The molecule has 0 unspecified atom stereocenters. The number of piperidine rings is 1. The molecule has 4 rings (SSSR count). The third-order valence-corrected chi connectivity index (χ3v) is 6.25. The smallest absolute Gasteiger partial charge is 0.373 e. The molecule has 2 aromatic rings. The maximum Gasteiger partial charge on any atom is 0.373 e. The summed E-state index contributed by atoms with van der Waals surface area (Å²) in [5.41, 5.74) is 0.385. The number of hydrogen-bond acceptors (Lipinski definition) is 9. The largest absolute Gasteiger partial charge is 0.478 e. The zero-order chi connectivity index (χ0) is 30.4. The van der Waals surface area contributed by atoms with Crippen molar-refractivity contribution in [2.45, 2.75) is 26.3 Å². The molecule has 2 aliphatic heterocycles. The van der Waals surface area contributed by atoms with Crippen molar-refractivity contribution < 1.29 is 38.2 Å². The van der Waals surface area contributed by atoms with Crippen LogP contribution in [0.25, 0.3) is 5.69 Å². The highest BCUT2D eigenvalue weighted by atomic mass is 19.1. The van der Waals surface area contributed by atoms with Crippen LogP contribution in [0.5, 0.6) is 0 Å². The van der Waals surface area contributed by atoms with Crippen molar-refractivity contribution in [2.24, 2.45) is 11.8 Å². The van der Waals surface area contributed by atoms with E-state index in [1.807, 2.05) is 18.7 Å². The summed E-state index contributed by atoms with van der Waals surface area (Å²) in [7, 11) is 0. The van der Waals surface area contributed by atoms with Crippen LogP contribution in [-0.2, 0) is 23.9 Å². The van der Waals surface area contributed by atoms with E-state index >= 15 is 0 Å². The van der Waals surface area contributed by atoms with E-state index in [2.05, 4.69) is 22.2 Å². The number of halogens is 1. The first-order chi connectivity index (χ1) is 19.6. The lowest BCUT2D eigenvalue weighted by Gasteiger charge is -2.39. The van der Waals surface area contributed by atoms with Gasteiger partial charge >= 0.3 is 12.1 Å². The van der Waals surface area contributed by atoms with Crippen molar-refractivity contribution in [1.82, 2.24) is 30.1 Å². The summed E-state index contributed by atoms with van der Waals surface area (Å²) in [4.78, 5) is 55.6. The molecule has 2 atom stereocenters. The number of carboxylic acids is 1. The first-order valence-corrected chi connectivity index (χ1v) is 13.0. The Kier molecular flexibility index (Phi) is 13.5. The summed E-state index contributed by atoms with van der Waals surface area (Å²) in [5.74, 6) is -1.55. The van der Waals surface area contributed by atoms with E-state index in [9.17, 15) is 18.8 Å². The number of hydrogen-bond donors (Lipinski definition) is 2. The average molecular weight is 575 g/mol. The Morgan fingerprint density at radius 1 is 1.24 bits per heavy atom. The zero-order valence-corrected chi connectivity index (χ0v) is 23.1. The molecule has 1 aromatic carbocycles. The summed E-state index contributed by atoms with van der Waals surface area (Å²) in [6.07, 6.45) is 3.13. The second kappa shape index (κ2) is 16.8. The molecule has 2 amide bonds. The number of amides is 2. The van der Waals surface area contributed by atoms with Crippen LogP contribution in [0.2, 0.25) is 0 Å². The van der Waals surface area contributed by atoms with E-state index in [0.717, 1.165) is 6.08 Å². The highest BCUT2D eigenvalue weighted by molar-refractivity contribution is 5.92. The van der Waals surface area contributed by atoms with Gasteiger partial charge in [-0.05, 0) is 24.5 Å². The van der Waals surface area contributed by atoms with Crippen LogP contribution in [0.1, 0.15) is 30.8 Å². The molecule has 2 aliphatic rings. The SMILES string of the molecule is C=CC(=O)O.CC(C)CN(C(=O)c1cn(-c2ccccc2F)nn1)[C@@H]1CNC[C@H](C(=O)N2CCOCC2)C1.O=C=O. The molecule has 2 fully saturated rings. The van der Waals surface area contributed by atoms with Crippen molar-refractivity contribution in [2.75, 3.05) is 45.9 Å². The van der Waals surface area contributed by atoms with Crippen molar-refractivity contribution in [1.29, 1.82) is 0 Å². The van der Waals surface area contributed by atoms with Gasteiger partial charge in [-0.2, -0.15) is 9.59 Å². The fraction of sp³-hybridized carbons (Fsp3) is 0.481. The molecule has 2 N–H and O–H groups in total. The lowest BCUT2D eigenvalue weighted by Crippen LogP contribution is -2.56. The van der Waals surface area contributed by atoms with Crippen molar-refractivity contribution in [3.05, 3.63) is 54.6 Å². The highest BCUT2D eigenvalue weighted by Crippen LogP contribution is 2.22. The Balaban J connectivity index is 0.000000653. The normalized spacial score (nSPS) is 18.1. The van der Waals surface area contributed by atoms with Crippen molar-refractivity contribution >= 4 is 23.9 Å². The Morgan fingerprint density at radius 2 is 1.88 bits per heavy atom. The minimum atomic E-state index is -0.981. The standard InChI is InChI=1S/C23H31FN6O3.C3H4O2.CO2/c1-16(2)14-29(18-11-17(12-25-13-18)22(31)28-7-9-33-10-8-28)23(32)20-15-30(27-26-20)21-6-4-3-5-19(21)24;1-2-3(4)5;2-1-3/h3-6,15-18,25H,7-14H2,1-2H3;2H,1H2,(H,4,5);/t17-,18+;;/m1../s1. The molecule has 1 aromatic heterocycles. The minimum Gasteiger partial charge on any atom is -0.478 e. The van der Waals surface area contributed by atoms with Crippen LogP contribution in [0.3, 0.4) is 0 Å². The first kappa shape index (κ1) is 32.9. The van der Waals surface area contributed by atoms with Crippen LogP contribution in [0, 0.1) is 17.7 Å². The molecular weight excluding hydrogens is 539 g/mol.